The van der Waals surface area contributed by atoms with Crippen molar-refractivity contribution in [3.05, 3.63) is 23.9 Å². The molecule has 3 rings (SSSR count). The van der Waals surface area contributed by atoms with Crippen LogP contribution in [0.4, 0.5) is 5.82 Å². The second-order valence-corrected chi connectivity index (χ2v) is 6.52. The van der Waals surface area contributed by atoms with Crippen LogP contribution in [0.15, 0.2) is 23.4 Å². The van der Waals surface area contributed by atoms with Crippen LogP contribution in [0.3, 0.4) is 0 Å². The molecule has 7 heteroatoms. The molecule has 0 bridgehead atoms. The summed E-state index contributed by atoms with van der Waals surface area (Å²) in [6.45, 7) is 2.43. The van der Waals surface area contributed by atoms with Gasteiger partial charge in [-0.25, -0.2) is 10.4 Å². The van der Waals surface area contributed by atoms with Crippen LogP contribution in [0.25, 0.3) is 0 Å². The van der Waals surface area contributed by atoms with Crippen molar-refractivity contribution in [1.82, 2.24) is 15.7 Å². The summed E-state index contributed by atoms with van der Waals surface area (Å²) in [7, 11) is 0. The van der Waals surface area contributed by atoms with E-state index in [-0.39, 0.29) is 11.8 Å². The third-order valence-corrected chi connectivity index (χ3v) is 4.63. The number of hydrogen-bond donors (Lipinski definition) is 2. The average Bonchev–Trinajstić information content (AvgIpc) is 2.60. The number of hydrogen-bond acceptors (Lipinski definition) is 5. The highest BCUT2D eigenvalue weighted by atomic mass is 16.2. The van der Waals surface area contributed by atoms with Crippen LogP contribution in [0, 0.1) is 0 Å². The summed E-state index contributed by atoms with van der Waals surface area (Å²) in [5, 5.41) is 6.74. The monoisotopic (exact) mass is 343 g/mol. The SMILES string of the molecule is O=C1CCC(C(=O)NCc2cccnc2N2CCCCCCC2)=NN1. The summed E-state index contributed by atoms with van der Waals surface area (Å²) in [5.74, 6) is 0.578. The number of rotatable bonds is 4. The van der Waals surface area contributed by atoms with Gasteiger partial charge in [-0.1, -0.05) is 25.3 Å². The summed E-state index contributed by atoms with van der Waals surface area (Å²) >= 11 is 0. The molecular formula is C18H25N5O2. The van der Waals surface area contributed by atoms with Gasteiger partial charge in [0, 0.05) is 44.2 Å². The van der Waals surface area contributed by atoms with E-state index in [0.717, 1.165) is 24.5 Å². The van der Waals surface area contributed by atoms with Gasteiger partial charge >= 0.3 is 0 Å². The molecule has 1 aromatic heterocycles. The quantitative estimate of drug-likeness (QED) is 0.872. The molecular weight excluding hydrogens is 318 g/mol. The first-order valence-corrected chi connectivity index (χ1v) is 9.06. The molecule has 0 aromatic carbocycles. The number of carbonyl (C=O) groups excluding carboxylic acids is 2. The van der Waals surface area contributed by atoms with Crippen LogP contribution in [0.2, 0.25) is 0 Å². The van der Waals surface area contributed by atoms with E-state index in [2.05, 4.69) is 25.7 Å². The minimum Gasteiger partial charge on any atom is -0.356 e. The summed E-state index contributed by atoms with van der Waals surface area (Å²) in [4.78, 5) is 30.3. The fraction of sp³-hybridized carbons (Fsp3) is 0.556. The minimum atomic E-state index is -0.234. The zero-order valence-corrected chi connectivity index (χ0v) is 14.5. The van der Waals surface area contributed by atoms with Crippen LogP contribution in [-0.4, -0.2) is 35.6 Å². The molecule has 25 heavy (non-hydrogen) atoms. The third-order valence-electron chi connectivity index (χ3n) is 4.63. The first-order chi connectivity index (χ1) is 12.2. The number of hydrazone groups is 1. The van der Waals surface area contributed by atoms with E-state index in [9.17, 15) is 9.59 Å². The van der Waals surface area contributed by atoms with Crippen molar-refractivity contribution in [1.29, 1.82) is 0 Å². The van der Waals surface area contributed by atoms with Crippen molar-refractivity contribution >= 4 is 23.3 Å². The van der Waals surface area contributed by atoms with Gasteiger partial charge in [-0.05, 0) is 18.9 Å². The van der Waals surface area contributed by atoms with Crippen LogP contribution < -0.4 is 15.6 Å². The second kappa shape index (κ2) is 8.60. The molecule has 134 valence electrons. The maximum Gasteiger partial charge on any atom is 0.267 e. The normalized spacial score (nSPS) is 18.6. The van der Waals surface area contributed by atoms with Gasteiger partial charge in [0.15, 0.2) is 0 Å². The smallest absolute Gasteiger partial charge is 0.267 e. The van der Waals surface area contributed by atoms with Gasteiger partial charge in [-0.3, -0.25) is 9.59 Å². The summed E-state index contributed by atoms with van der Waals surface area (Å²) in [6.07, 6.45) is 8.69. The summed E-state index contributed by atoms with van der Waals surface area (Å²) < 4.78 is 0. The van der Waals surface area contributed by atoms with Gasteiger partial charge in [0.05, 0.1) is 0 Å². The van der Waals surface area contributed by atoms with E-state index in [1.54, 1.807) is 6.20 Å². The maximum atomic E-state index is 12.2. The molecule has 0 radical (unpaired) electrons. The van der Waals surface area contributed by atoms with Crippen molar-refractivity contribution in [3.63, 3.8) is 0 Å². The molecule has 7 nitrogen and oxygen atoms in total. The van der Waals surface area contributed by atoms with Gasteiger partial charge in [0.25, 0.3) is 5.91 Å². The number of nitrogens with zero attached hydrogens (tertiary/aromatic N) is 3. The Morgan fingerprint density at radius 3 is 2.64 bits per heavy atom. The predicted molar refractivity (Wildman–Crippen MR) is 96.2 cm³/mol. The van der Waals surface area contributed by atoms with Gasteiger partial charge in [-0.15, -0.1) is 0 Å². The van der Waals surface area contributed by atoms with Gasteiger partial charge in [0.1, 0.15) is 11.5 Å². The fourth-order valence-corrected chi connectivity index (χ4v) is 3.23. The predicted octanol–water partition coefficient (Wildman–Crippen LogP) is 1.73. The molecule has 2 amide bonds. The maximum absolute atomic E-state index is 12.2. The third kappa shape index (κ3) is 4.78. The molecule has 3 heterocycles. The lowest BCUT2D eigenvalue weighted by Crippen LogP contribution is -2.37. The van der Waals surface area contributed by atoms with Crippen LogP contribution in [0.5, 0.6) is 0 Å². The number of aromatic nitrogens is 1. The molecule has 0 unspecified atom stereocenters. The van der Waals surface area contributed by atoms with Gasteiger partial charge in [0.2, 0.25) is 5.91 Å². The minimum absolute atomic E-state index is 0.150. The Kier molecular flexibility index (Phi) is 5.98. The van der Waals surface area contributed by atoms with E-state index in [1.807, 2.05) is 12.1 Å². The molecule has 0 spiro atoms. The first-order valence-electron chi connectivity index (χ1n) is 9.06. The second-order valence-electron chi connectivity index (χ2n) is 6.52. The Bertz CT molecular complexity index is 651. The highest BCUT2D eigenvalue weighted by Crippen LogP contribution is 2.21. The molecule has 1 aromatic rings. The Balaban J connectivity index is 1.64. The number of anilines is 1. The molecule has 2 aliphatic rings. The molecule has 2 aliphatic heterocycles. The van der Waals surface area contributed by atoms with E-state index in [1.165, 1.54) is 32.1 Å². The highest BCUT2D eigenvalue weighted by Gasteiger charge is 2.19. The Morgan fingerprint density at radius 2 is 1.92 bits per heavy atom. The van der Waals surface area contributed by atoms with E-state index < -0.39 is 0 Å². The summed E-state index contributed by atoms with van der Waals surface area (Å²) in [6, 6.07) is 3.90. The van der Waals surface area contributed by atoms with E-state index in [4.69, 9.17) is 0 Å². The van der Waals surface area contributed by atoms with Crippen LogP contribution in [0.1, 0.15) is 50.5 Å². The van der Waals surface area contributed by atoms with Gasteiger partial charge in [-0.2, -0.15) is 5.10 Å². The van der Waals surface area contributed by atoms with Crippen molar-refractivity contribution in [3.8, 4) is 0 Å². The molecule has 1 fully saturated rings. The van der Waals surface area contributed by atoms with Crippen LogP contribution in [-0.2, 0) is 16.1 Å². The van der Waals surface area contributed by atoms with E-state index in [0.29, 0.717) is 25.1 Å². The van der Waals surface area contributed by atoms with Gasteiger partial charge < -0.3 is 10.2 Å². The largest absolute Gasteiger partial charge is 0.356 e. The fourth-order valence-electron chi connectivity index (χ4n) is 3.23. The number of amides is 2. The number of nitrogens with one attached hydrogen (secondary N) is 2. The van der Waals surface area contributed by atoms with E-state index >= 15 is 0 Å². The number of carbonyl (C=O) groups is 2. The Morgan fingerprint density at radius 1 is 1.16 bits per heavy atom. The van der Waals surface area contributed by atoms with Crippen molar-refractivity contribution in [2.45, 2.75) is 51.5 Å². The zero-order valence-electron chi connectivity index (χ0n) is 14.5. The highest BCUT2D eigenvalue weighted by molar-refractivity contribution is 6.39. The molecule has 1 saturated heterocycles. The van der Waals surface area contributed by atoms with Crippen LogP contribution >= 0.6 is 0 Å². The number of pyridine rings is 1. The topological polar surface area (TPSA) is 86.7 Å². The first kappa shape index (κ1) is 17.4. The zero-order chi connectivity index (χ0) is 17.5. The molecule has 0 aliphatic carbocycles. The molecule has 0 saturated carbocycles. The lowest BCUT2D eigenvalue weighted by Gasteiger charge is -2.27. The lowest BCUT2D eigenvalue weighted by atomic mass is 10.1. The summed E-state index contributed by atoms with van der Waals surface area (Å²) in [5.41, 5.74) is 3.74. The average molecular weight is 343 g/mol. The molecule has 0 atom stereocenters. The Hall–Kier alpha value is -2.44. The van der Waals surface area contributed by atoms with Crippen molar-refractivity contribution in [2.75, 3.05) is 18.0 Å². The van der Waals surface area contributed by atoms with Crippen molar-refractivity contribution < 1.29 is 9.59 Å². The lowest BCUT2D eigenvalue weighted by molar-refractivity contribution is -0.121. The standard InChI is InChI=1S/C18H25N5O2/c24-16-9-8-15(21-22-16)18(25)20-13-14-7-6-10-19-17(14)23-11-4-2-1-3-5-12-23/h6-7,10H,1-5,8-9,11-13H2,(H,20,25)(H,22,24). The molecule has 2 N–H and O–H groups in total. The Labute approximate surface area is 147 Å². The van der Waals surface area contributed by atoms with Crippen molar-refractivity contribution in [2.24, 2.45) is 5.10 Å².